The molecule has 1 heterocycles. The van der Waals surface area contributed by atoms with E-state index in [0.717, 1.165) is 19.6 Å². The minimum absolute atomic E-state index is 0.201. The molecule has 1 aromatic carbocycles. The Labute approximate surface area is 88.5 Å². The van der Waals surface area contributed by atoms with E-state index in [1.165, 1.54) is 12.5 Å². The van der Waals surface area contributed by atoms with Crippen LogP contribution in [0.2, 0.25) is 0 Å². The van der Waals surface area contributed by atoms with Gasteiger partial charge < -0.3 is 4.90 Å². The molecule has 14 heavy (non-hydrogen) atoms. The van der Waals surface area contributed by atoms with Gasteiger partial charge in [0.25, 0.3) is 0 Å². The fraction of sp³-hybridized carbons (Fsp3) is 0.455. The third-order valence-corrected chi connectivity index (χ3v) is 2.98. The molecule has 1 saturated heterocycles. The van der Waals surface area contributed by atoms with E-state index < -0.39 is 0 Å². The predicted octanol–water partition coefficient (Wildman–Crippen LogP) is 2.81. The van der Waals surface area contributed by atoms with Crippen molar-refractivity contribution < 1.29 is 4.39 Å². The van der Waals surface area contributed by atoms with E-state index in [0.29, 0.717) is 5.56 Å². The van der Waals surface area contributed by atoms with Gasteiger partial charge in [0.2, 0.25) is 0 Å². The number of halogens is 2. The van der Waals surface area contributed by atoms with Gasteiger partial charge in [0, 0.05) is 12.1 Å². The molecule has 0 radical (unpaired) electrons. The molecule has 1 fully saturated rings. The minimum atomic E-state index is -0.225. The summed E-state index contributed by atoms with van der Waals surface area (Å²) in [4.78, 5) is 2.24. The summed E-state index contributed by atoms with van der Waals surface area (Å²) in [5, 5.41) is -0.225. The first-order valence-electron chi connectivity index (χ1n) is 4.88. The Bertz CT molecular complexity index is 312. The molecule has 0 aromatic heterocycles. The van der Waals surface area contributed by atoms with Crippen LogP contribution in [0.5, 0.6) is 0 Å². The summed E-state index contributed by atoms with van der Waals surface area (Å²) in [5.41, 5.74) is 0.612. The molecule has 0 N–H and O–H groups in total. The zero-order valence-corrected chi connectivity index (χ0v) is 8.67. The van der Waals surface area contributed by atoms with Crippen LogP contribution >= 0.6 is 11.6 Å². The number of hydrogen-bond acceptors (Lipinski definition) is 1. The first-order chi connectivity index (χ1) is 6.77. The van der Waals surface area contributed by atoms with E-state index in [-0.39, 0.29) is 11.2 Å². The van der Waals surface area contributed by atoms with E-state index in [1.54, 1.807) is 12.1 Å². The van der Waals surface area contributed by atoms with Crippen molar-refractivity contribution in [3.05, 3.63) is 35.6 Å². The van der Waals surface area contributed by atoms with Crippen LogP contribution in [0.25, 0.3) is 0 Å². The molecule has 1 unspecified atom stereocenters. The number of likely N-dealkylation sites (tertiary alicyclic amines) is 1. The summed E-state index contributed by atoms with van der Waals surface area (Å²) in [6, 6.07) is 6.73. The smallest absolute Gasteiger partial charge is 0.127 e. The second-order valence-corrected chi connectivity index (χ2v) is 4.17. The standard InChI is InChI=1S/C11H13ClFN/c12-10(8-14-6-3-7-14)9-4-1-2-5-11(9)13/h1-2,4-5,10H,3,6-8H2. The normalized spacial score (nSPS) is 19.0. The summed E-state index contributed by atoms with van der Waals surface area (Å²) in [5.74, 6) is -0.201. The Balaban J connectivity index is 2.02. The Kier molecular flexibility index (Phi) is 3.04. The van der Waals surface area contributed by atoms with E-state index in [9.17, 15) is 4.39 Å². The van der Waals surface area contributed by atoms with Gasteiger partial charge in [-0.1, -0.05) is 18.2 Å². The van der Waals surface area contributed by atoms with Crippen molar-refractivity contribution in [1.29, 1.82) is 0 Å². The lowest BCUT2D eigenvalue weighted by Crippen LogP contribution is -2.39. The zero-order chi connectivity index (χ0) is 9.97. The summed E-state index contributed by atoms with van der Waals surface area (Å²) in [6.45, 7) is 2.94. The lowest BCUT2D eigenvalue weighted by atomic mass is 10.1. The number of hydrogen-bond donors (Lipinski definition) is 0. The molecule has 76 valence electrons. The highest BCUT2D eigenvalue weighted by Crippen LogP contribution is 2.25. The maximum atomic E-state index is 13.3. The van der Waals surface area contributed by atoms with Crippen molar-refractivity contribution in [2.24, 2.45) is 0 Å². The van der Waals surface area contributed by atoms with E-state index in [1.807, 2.05) is 6.07 Å². The lowest BCUT2D eigenvalue weighted by molar-refractivity contribution is 0.181. The highest BCUT2D eigenvalue weighted by molar-refractivity contribution is 6.21. The predicted molar refractivity (Wildman–Crippen MR) is 56.1 cm³/mol. The van der Waals surface area contributed by atoms with Crippen LogP contribution in [-0.4, -0.2) is 24.5 Å². The number of benzene rings is 1. The van der Waals surface area contributed by atoms with Crippen molar-refractivity contribution in [2.45, 2.75) is 11.8 Å². The average molecular weight is 214 g/mol. The topological polar surface area (TPSA) is 3.24 Å². The number of alkyl halides is 1. The lowest BCUT2D eigenvalue weighted by Gasteiger charge is -2.32. The highest BCUT2D eigenvalue weighted by Gasteiger charge is 2.20. The van der Waals surface area contributed by atoms with Gasteiger partial charge in [0.05, 0.1) is 5.38 Å². The molecule has 2 rings (SSSR count). The molecule has 0 bridgehead atoms. The molecule has 1 nitrogen and oxygen atoms in total. The SMILES string of the molecule is Fc1ccccc1C(Cl)CN1CCC1. The Morgan fingerprint density at radius 3 is 2.64 bits per heavy atom. The maximum Gasteiger partial charge on any atom is 0.127 e. The quantitative estimate of drug-likeness (QED) is 0.698. The zero-order valence-electron chi connectivity index (χ0n) is 7.92. The van der Waals surface area contributed by atoms with Crippen LogP contribution < -0.4 is 0 Å². The average Bonchev–Trinajstić information content (AvgIpc) is 2.12. The molecule has 1 aromatic rings. The van der Waals surface area contributed by atoms with Gasteiger partial charge in [0.15, 0.2) is 0 Å². The van der Waals surface area contributed by atoms with Crippen molar-refractivity contribution in [3.8, 4) is 0 Å². The van der Waals surface area contributed by atoms with Gasteiger partial charge in [-0.25, -0.2) is 4.39 Å². The van der Waals surface area contributed by atoms with Crippen molar-refractivity contribution in [3.63, 3.8) is 0 Å². The third-order valence-electron chi connectivity index (χ3n) is 2.61. The highest BCUT2D eigenvalue weighted by atomic mass is 35.5. The van der Waals surface area contributed by atoms with Gasteiger partial charge in [-0.3, -0.25) is 0 Å². The fourth-order valence-electron chi connectivity index (χ4n) is 1.62. The van der Waals surface area contributed by atoms with Crippen LogP contribution in [0, 0.1) is 5.82 Å². The summed E-state index contributed by atoms with van der Waals surface area (Å²) < 4.78 is 13.3. The summed E-state index contributed by atoms with van der Waals surface area (Å²) in [6.07, 6.45) is 1.24. The number of rotatable bonds is 3. The molecular weight excluding hydrogens is 201 g/mol. The second-order valence-electron chi connectivity index (χ2n) is 3.64. The van der Waals surface area contributed by atoms with Crippen molar-refractivity contribution in [1.82, 2.24) is 4.90 Å². The Morgan fingerprint density at radius 1 is 1.36 bits per heavy atom. The Hall–Kier alpha value is -0.600. The van der Waals surface area contributed by atoms with Crippen LogP contribution in [-0.2, 0) is 0 Å². The van der Waals surface area contributed by atoms with Crippen molar-refractivity contribution >= 4 is 11.6 Å². The Morgan fingerprint density at radius 2 is 2.07 bits per heavy atom. The minimum Gasteiger partial charge on any atom is -0.301 e. The van der Waals surface area contributed by atoms with Crippen LogP contribution in [0.4, 0.5) is 4.39 Å². The molecule has 0 spiro atoms. The first-order valence-corrected chi connectivity index (χ1v) is 5.32. The molecule has 0 saturated carbocycles. The number of nitrogens with zero attached hydrogens (tertiary/aromatic N) is 1. The van der Waals surface area contributed by atoms with E-state index in [2.05, 4.69) is 4.90 Å². The van der Waals surface area contributed by atoms with Gasteiger partial charge >= 0.3 is 0 Å². The molecule has 3 heteroatoms. The van der Waals surface area contributed by atoms with Crippen LogP contribution in [0.15, 0.2) is 24.3 Å². The van der Waals surface area contributed by atoms with Crippen LogP contribution in [0.3, 0.4) is 0 Å². The van der Waals surface area contributed by atoms with E-state index in [4.69, 9.17) is 11.6 Å². The molecule has 1 aliphatic heterocycles. The van der Waals surface area contributed by atoms with Gasteiger partial charge in [0.1, 0.15) is 5.82 Å². The monoisotopic (exact) mass is 213 g/mol. The molecule has 1 aliphatic rings. The molecule has 0 aliphatic carbocycles. The fourth-order valence-corrected chi connectivity index (χ4v) is 1.99. The van der Waals surface area contributed by atoms with Gasteiger partial charge in [-0.15, -0.1) is 11.6 Å². The second kappa shape index (κ2) is 4.28. The molecule has 1 atom stereocenters. The van der Waals surface area contributed by atoms with Crippen LogP contribution in [0.1, 0.15) is 17.4 Å². The van der Waals surface area contributed by atoms with E-state index >= 15 is 0 Å². The molecule has 0 amide bonds. The first kappa shape index (κ1) is 9.94. The van der Waals surface area contributed by atoms with Gasteiger partial charge in [-0.2, -0.15) is 0 Å². The summed E-state index contributed by atoms with van der Waals surface area (Å²) >= 11 is 6.14. The van der Waals surface area contributed by atoms with Gasteiger partial charge in [-0.05, 0) is 25.6 Å². The third kappa shape index (κ3) is 2.07. The largest absolute Gasteiger partial charge is 0.301 e. The maximum absolute atomic E-state index is 13.3. The van der Waals surface area contributed by atoms with Crippen molar-refractivity contribution in [2.75, 3.05) is 19.6 Å². The molecular formula is C11H13ClFN. The summed E-state index contributed by atoms with van der Waals surface area (Å²) in [7, 11) is 0.